The lowest BCUT2D eigenvalue weighted by Gasteiger charge is -2.08. The van der Waals surface area contributed by atoms with Gasteiger partial charge in [-0.1, -0.05) is 6.07 Å². The molecule has 3 rings (SSSR count). The normalized spacial score (nSPS) is 11.0. The highest BCUT2D eigenvalue weighted by Gasteiger charge is 2.12. The molecule has 0 saturated carbocycles. The monoisotopic (exact) mass is 436 g/mol. The van der Waals surface area contributed by atoms with Crippen LogP contribution in [0.2, 0.25) is 0 Å². The quantitative estimate of drug-likeness (QED) is 0.526. The Morgan fingerprint density at radius 1 is 1.11 bits per heavy atom. The van der Waals surface area contributed by atoms with Crippen LogP contribution < -0.4 is 15.4 Å². The van der Waals surface area contributed by atoms with E-state index in [9.17, 15) is 18.0 Å². The molecular formula is C17H16N4O4S3. The summed E-state index contributed by atoms with van der Waals surface area (Å²) in [5.41, 5.74) is 1.89. The number of nitrogens with zero attached hydrogens (tertiary/aromatic N) is 1. The van der Waals surface area contributed by atoms with Gasteiger partial charge in [-0.25, -0.2) is 13.4 Å². The first kappa shape index (κ1) is 20.0. The number of anilines is 3. The first-order valence-corrected chi connectivity index (χ1v) is 11.7. The molecule has 8 nitrogen and oxygen atoms in total. The predicted octanol–water partition coefficient (Wildman–Crippen LogP) is 3.01. The first-order valence-electron chi connectivity index (χ1n) is 7.94. The molecule has 11 heteroatoms. The van der Waals surface area contributed by atoms with Gasteiger partial charge in [0, 0.05) is 16.4 Å². The fraction of sp³-hybridized carbons (Fsp3) is 0.118. The van der Waals surface area contributed by atoms with Gasteiger partial charge in [0.25, 0.3) is 5.91 Å². The Kier molecular flexibility index (Phi) is 6.07. The molecule has 0 aliphatic rings. The molecule has 28 heavy (non-hydrogen) atoms. The average Bonchev–Trinajstić information content (AvgIpc) is 3.25. The van der Waals surface area contributed by atoms with E-state index in [0.29, 0.717) is 27.8 Å². The molecule has 0 aliphatic carbocycles. The molecule has 2 heterocycles. The van der Waals surface area contributed by atoms with Crippen LogP contribution in [0.4, 0.5) is 16.5 Å². The topological polar surface area (TPSA) is 117 Å². The van der Waals surface area contributed by atoms with E-state index >= 15 is 0 Å². The van der Waals surface area contributed by atoms with Crippen molar-refractivity contribution in [1.29, 1.82) is 0 Å². The van der Waals surface area contributed by atoms with E-state index in [-0.39, 0.29) is 18.2 Å². The highest BCUT2D eigenvalue weighted by molar-refractivity contribution is 7.92. The van der Waals surface area contributed by atoms with Crippen LogP contribution in [0.3, 0.4) is 0 Å². The number of benzene rings is 1. The van der Waals surface area contributed by atoms with E-state index in [1.165, 1.54) is 28.7 Å². The van der Waals surface area contributed by atoms with Gasteiger partial charge < -0.3 is 5.32 Å². The Labute approximate surface area is 169 Å². The molecule has 2 aromatic heterocycles. The van der Waals surface area contributed by atoms with Gasteiger partial charge in [0.2, 0.25) is 15.9 Å². The summed E-state index contributed by atoms with van der Waals surface area (Å²) in [6.45, 7) is 0. The highest BCUT2D eigenvalue weighted by Crippen LogP contribution is 2.19. The molecule has 146 valence electrons. The van der Waals surface area contributed by atoms with Crippen LogP contribution in [0, 0.1) is 0 Å². The van der Waals surface area contributed by atoms with Crippen molar-refractivity contribution in [2.45, 2.75) is 6.42 Å². The minimum Gasteiger partial charge on any atom is -0.326 e. The molecule has 0 atom stereocenters. The number of nitrogens with one attached hydrogen (secondary N) is 3. The summed E-state index contributed by atoms with van der Waals surface area (Å²) in [7, 11) is -3.40. The molecule has 2 amide bonds. The smallest absolute Gasteiger partial charge is 0.258 e. The number of carbonyl (C=O) groups is 2. The van der Waals surface area contributed by atoms with Crippen molar-refractivity contribution >= 4 is 61.0 Å². The van der Waals surface area contributed by atoms with Gasteiger partial charge in [-0.3, -0.25) is 19.6 Å². The van der Waals surface area contributed by atoms with Gasteiger partial charge in [0.05, 0.1) is 29.6 Å². The van der Waals surface area contributed by atoms with Crippen molar-refractivity contribution in [2.75, 3.05) is 21.6 Å². The van der Waals surface area contributed by atoms with Crippen LogP contribution >= 0.6 is 22.7 Å². The molecule has 3 aromatic rings. The van der Waals surface area contributed by atoms with E-state index in [4.69, 9.17) is 0 Å². The van der Waals surface area contributed by atoms with Gasteiger partial charge in [-0.2, -0.15) is 11.3 Å². The number of thiazole rings is 1. The zero-order chi connectivity index (χ0) is 20.1. The summed E-state index contributed by atoms with van der Waals surface area (Å²) >= 11 is 2.66. The number of carbonyl (C=O) groups excluding carboxylic acids is 2. The van der Waals surface area contributed by atoms with E-state index in [0.717, 1.165) is 6.26 Å². The molecular weight excluding hydrogens is 420 g/mol. The van der Waals surface area contributed by atoms with Crippen LogP contribution in [-0.4, -0.2) is 31.5 Å². The van der Waals surface area contributed by atoms with Crippen molar-refractivity contribution in [1.82, 2.24) is 4.98 Å². The molecule has 0 bridgehead atoms. The Morgan fingerprint density at radius 3 is 2.61 bits per heavy atom. The second kappa shape index (κ2) is 8.50. The molecule has 1 aromatic carbocycles. The Hall–Kier alpha value is -2.76. The maximum absolute atomic E-state index is 12.2. The summed E-state index contributed by atoms with van der Waals surface area (Å²) in [5.74, 6) is -0.556. The number of amides is 2. The summed E-state index contributed by atoms with van der Waals surface area (Å²) in [4.78, 5) is 28.5. The van der Waals surface area contributed by atoms with Crippen molar-refractivity contribution in [2.24, 2.45) is 0 Å². The zero-order valence-electron chi connectivity index (χ0n) is 14.6. The van der Waals surface area contributed by atoms with E-state index < -0.39 is 10.0 Å². The lowest BCUT2D eigenvalue weighted by molar-refractivity contribution is -0.115. The Morgan fingerprint density at radius 2 is 1.89 bits per heavy atom. The number of sulfonamides is 1. The van der Waals surface area contributed by atoms with Crippen LogP contribution in [0.15, 0.2) is 46.5 Å². The molecule has 0 saturated heterocycles. The number of thiophene rings is 1. The minimum absolute atomic E-state index is 0.0224. The molecule has 0 fully saturated rings. The zero-order valence-corrected chi connectivity index (χ0v) is 17.1. The van der Waals surface area contributed by atoms with Crippen molar-refractivity contribution in [3.63, 3.8) is 0 Å². The summed E-state index contributed by atoms with van der Waals surface area (Å²) < 4.78 is 24.9. The lowest BCUT2D eigenvalue weighted by atomic mass is 10.2. The van der Waals surface area contributed by atoms with Crippen LogP contribution in [0.5, 0.6) is 0 Å². The number of hydrogen-bond acceptors (Lipinski definition) is 7. The third-order valence-electron chi connectivity index (χ3n) is 3.35. The Bertz CT molecular complexity index is 1090. The largest absolute Gasteiger partial charge is 0.326 e. The van der Waals surface area contributed by atoms with Crippen molar-refractivity contribution in [3.8, 4) is 0 Å². The highest BCUT2D eigenvalue weighted by atomic mass is 32.2. The second-order valence-corrected chi connectivity index (χ2v) is 9.18. The van der Waals surface area contributed by atoms with E-state index in [1.807, 2.05) is 5.38 Å². The summed E-state index contributed by atoms with van der Waals surface area (Å²) in [5, 5.41) is 11.1. The summed E-state index contributed by atoms with van der Waals surface area (Å²) in [6, 6.07) is 8.10. The average molecular weight is 437 g/mol. The predicted molar refractivity (Wildman–Crippen MR) is 112 cm³/mol. The van der Waals surface area contributed by atoms with Gasteiger partial charge in [0.15, 0.2) is 5.13 Å². The molecule has 0 spiro atoms. The molecule has 0 unspecified atom stereocenters. The van der Waals surface area contributed by atoms with Gasteiger partial charge in [0.1, 0.15) is 0 Å². The maximum Gasteiger partial charge on any atom is 0.258 e. The van der Waals surface area contributed by atoms with Gasteiger partial charge in [-0.05, 0) is 29.6 Å². The van der Waals surface area contributed by atoms with Crippen molar-refractivity contribution < 1.29 is 18.0 Å². The van der Waals surface area contributed by atoms with Gasteiger partial charge >= 0.3 is 0 Å². The van der Waals surface area contributed by atoms with Crippen molar-refractivity contribution in [3.05, 3.63) is 57.7 Å². The maximum atomic E-state index is 12.2. The second-order valence-electron chi connectivity index (χ2n) is 5.79. The van der Waals surface area contributed by atoms with Crippen LogP contribution in [0.25, 0.3) is 0 Å². The fourth-order valence-corrected chi connectivity index (χ4v) is 4.15. The van der Waals surface area contributed by atoms with E-state index in [1.54, 1.807) is 35.0 Å². The minimum atomic E-state index is -3.40. The third-order valence-corrected chi connectivity index (χ3v) is 5.44. The Balaban J connectivity index is 1.58. The molecule has 0 radical (unpaired) electrons. The lowest BCUT2D eigenvalue weighted by Crippen LogP contribution is -2.15. The van der Waals surface area contributed by atoms with Crippen LogP contribution in [-0.2, 0) is 21.2 Å². The van der Waals surface area contributed by atoms with Crippen LogP contribution in [0.1, 0.15) is 16.1 Å². The molecule has 0 aliphatic heterocycles. The van der Waals surface area contributed by atoms with Gasteiger partial charge in [-0.15, -0.1) is 11.3 Å². The SMILES string of the molecule is CS(=O)(=O)Nc1cccc(NC(=O)Cc2csc(NC(=O)c3ccsc3)n2)c1. The number of rotatable bonds is 7. The number of hydrogen-bond donors (Lipinski definition) is 3. The number of aromatic nitrogens is 1. The summed E-state index contributed by atoms with van der Waals surface area (Å²) in [6.07, 6.45) is 1.07. The standard InChI is InChI=1S/C17H16N4O4S3/c1-28(24,25)21-13-4-2-3-12(7-13)18-15(22)8-14-10-27-17(19-14)20-16(23)11-5-6-26-9-11/h2-7,9-10,21H,8H2,1H3,(H,18,22)(H,19,20,23). The fourth-order valence-electron chi connectivity index (χ4n) is 2.25. The first-order chi connectivity index (χ1) is 13.3. The third kappa shape index (κ3) is 5.87. The van der Waals surface area contributed by atoms with E-state index in [2.05, 4.69) is 20.3 Å². The molecule has 3 N–H and O–H groups in total.